The van der Waals surface area contributed by atoms with Crippen molar-refractivity contribution >= 4 is 11.6 Å². The highest BCUT2D eigenvalue weighted by atomic mass is 16.4. The van der Waals surface area contributed by atoms with E-state index in [9.17, 15) is 9.59 Å². The van der Waals surface area contributed by atoms with E-state index >= 15 is 0 Å². The van der Waals surface area contributed by atoms with E-state index in [2.05, 4.69) is 0 Å². The van der Waals surface area contributed by atoms with Crippen molar-refractivity contribution in [3.05, 3.63) is 0 Å². The van der Waals surface area contributed by atoms with Gasteiger partial charge in [0.05, 0.1) is 6.61 Å². The zero-order chi connectivity index (χ0) is 15.6. The van der Waals surface area contributed by atoms with Crippen LogP contribution in [0, 0.1) is 5.92 Å². The van der Waals surface area contributed by atoms with Crippen LogP contribution in [-0.4, -0.2) is 68.6 Å². The van der Waals surface area contributed by atoms with Gasteiger partial charge >= 0.3 is 0 Å². The Morgan fingerprint density at radius 1 is 1.05 bits per heavy atom. The summed E-state index contributed by atoms with van der Waals surface area (Å²) in [7, 11) is 0. The molecule has 0 radical (unpaired) electrons. The van der Waals surface area contributed by atoms with E-state index in [1.54, 1.807) is 6.92 Å². The Bertz CT molecular complexity index is 265. The molecule has 0 fully saturated rings. The fraction of sp³-hybridized carbons (Fsp3) is 0.833. The van der Waals surface area contributed by atoms with Gasteiger partial charge in [0, 0.05) is 6.42 Å². The highest BCUT2D eigenvalue weighted by Crippen LogP contribution is 2.00. The molecule has 0 aromatic heterocycles. The Hall–Kier alpha value is -0.860. The molecule has 0 spiro atoms. The molecular weight excluding hydrogens is 256 g/mol. The quantitative estimate of drug-likeness (QED) is 0.373. The third kappa shape index (κ3) is 10.7. The smallest absolute Gasteiger partial charge is 0.189 e. The van der Waals surface area contributed by atoms with Crippen molar-refractivity contribution in [2.45, 2.75) is 45.5 Å². The maximum atomic E-state index is 10.5. The standard InChI is InChI=1S/C6H12O6.C6H12O/c7-1-3(9)5(11)6(12)4(10)2-8;1-5(2)4-6(3)7/h3,5-9,11-12H,1-2H2;5H,4H2,1-3H3/t3-,5+,6+;/m1./s1. The summed E-state index contributed by atoms with van der Waals surface area (Å²) in [4.78, 5) is 20.8. The predicted octanol–water partition coefficient (Wildman–Crippen LogP) is -1.76. The largest absolute Gasteiger partial charge is 0.394 e. The summed E-state index contributed by atoms with van der Waals surface area (Å²) in [5, 5.41) is 43.1. The average molecular weight is 280 g/mol. The first-order valence-electron chi connectivity index (χ1n) is 5.95. The van der Waals surface area contributed by atoms with E-state index in [1.807, 2.05) is 13.8 Å². The molecular formula is C12H24O7. The lowest BCUT2D eigenvalue weighted by Gasteiger charge is -2.19. The van der Waals surface area contributed by atoms with Crippen LogP contribution in [0.15, 0.2) is 0 Å². The summed E-state index contributed by atoms with van der Waals surface area (Å²) in [6.45, 7) is 4.02. The molecule has 0 heterocycles. The van der Waals surface area contributed by atoms with Crippen LogP contribution < -0.4 is 0 Å². The summed E-state index contributed by atoms with van der Waals surface area (Å²) in [6.07, 6.45) is -4.50. The number of hydrogen-bond acceptors (Lipinski definition) is 7. The van der Waals surface area contributed by atoms with Crippen LogP contribution in [0.5, 0.6) is 0 Å². The van der Waals surface area contributed by atoms with Gasteiger partial charge in [0.25, 0.3) is 0 Å². The van der Waals surface area contributed by atoms with Crippen molar-refractivity contribution in [2.24, 2.45) is 5.92 Å². The lowest BCUT2D eigenvalue weighted by atomic mass is 10.1. The Kier molecular flexibility index (Phi) is 11.9. The van der Waals surface area contributed by atoms with Crippen LogP contribution in [0.1, 0.15) is 27.2 Å². The summed E-state index contributed by atoms with van der Waals surface area (Å²) in [6, 6.07) is 0. The zero-order valence-corrected chi connectivity index (χ0v) is 11.5. The van der Waals surface area contributed by atoms with Crippen molar-refractivity contribution in [3.8, 4) is 0 Å². The summed E-state index contributed by atoms with van der Waals surface area (Å²) in [5.74, 6) is -0.192. The normalized spacial score (nSPS) is 15.2. The number of carbonyl (C=O) groups is 2. The molecule has 7 heteroatoms. The number of aliphatic hydroxyl groups is 5. The van der Waals surface area contributed by atoms with Crippen LogP contribution >= 0.6 is 0 Å². The van der Waals surface area contributed by atoms with Gasteiger partial charge in [-0.05, 0) is 12.8 Å². The van der Waals surface area contributed by atoms with E-state index in [-0.39, 0.29) is 5.78 Å². The minimum atomic E-state index is -1.86. The number of ketones is 2. The molecule has 0 bridgehead atoms. The highest BCUT2D eigenvalue weighted by molar-refractivity contribution is 5.84. The molecule has 0 aliphatic rings. The van der Waals surface area contributed by atoms with E-state index in [0.717, 1.165) is 6.42 Å². The molecule has 0 saturated heterocycles. The molecule has 0 aromatic carbocycles. The molecule has 0 rings (SSSR count). The van der Waals surface area contributed by atoms with Crippen LogP contribution in [0.4, 0.5) is 0 Å². The van der Waals surface area contributed by atoms with Crippen LogP contribution in [-0.2, 0) is 9.59 Å². The highest BCUT2D eigenvalue weighted by Gasteiger charge is 2.28. The SMILES string of the molecule is CC(=O)CC(C)C.O=C(CO)[C@H](O)[C@@H](O)[C@H](O)CO. The molecule has 0 unspecified atom stereocenters. The fourth-order valence-corrected chi connectivity index (χ4v) is 1.18. The first-order valence-corrected chi connectivity index (χ1v) is 5.95. The van der Waals surface area contributed by atoms with Crippen molar-refractivity contribution in [1.29, 1.82) is 0 Å². The summed E-state index contributed by atoms with van der Waals surface area (Å²) < 4.78 is 0. The first kappa shape index (κ1) is 20.5. The van der Waals surface area contributed by atoms with Gasteiger partial charge in [-0.15, -0.1) is 0 Å². The maximum absolute atomic E-state index is 10.5. The first-order chi connectivity index (χ1) is 8.67. The molecule has 5 N–H and O–H groups in total. The molecule has 0 aliphatic carbocycles. The predicted molar refractivity (Wildman–Crippen MR) is 67.3 cm³/mol. The maximum Gasteiger partial charge on any atom is 0.189 e. The number of hydrogen-bond donors (Lipinski definition) is 5. The van der Waals surface area contributed by atoms with E-state index < -0.39 is 37.3 Å². The van der Waals surface area contributed by atoms with Gasteiger partial charge < -0.3 is 30.3 Å². The Balaban J connectivity index is 0. The fourth-order valence-electron chi connectivity index (χ4n) is 1.18. The monoisotopic (exact) mass is 280 g/mol. The van der Waals surface area contributed by atoms with Gasteiger partial charge in [-0.25, -0.2) is 0 Å². The number of aliphatic hydroxyl groups excluding tert-OH is 5. The molecule has 0 aliphatic heterocycles. The third-order valence-corrected chi connectivity index (χ3v) is 2.09. The molecule has 0 aromatic rings. The molecule has 0 saturated carbocycles. The number of Topliss-reactive ketones (excluding diaryl/α,β-unsaturated/α-hetero) is 2. The molecule has 3 atom stereocenters. The van der Waals surface area contributed by atoms with Crippen LogP contribution in [0.25, 0.3) is 0 Å². The van der Waals surface area contributed by atoms with Gasteiger partial charge in [-0.3, -0.25) is 4.79 Å². The second kappa shape index (κ2) is 11.0. The van der Waals surface area contributed by atoms with Gasteiger partial charge in [-0.1, -0.05) is 13.8 Å². The van der Waals surface area contributed by atoms with Gasteiger partial charge in [0.1, 0.15) is 30.7 Å². The van der Waals surface area contributed by atoms with Crippen molar-refractivity contribution in [3.63, 3.8) is 0 Å². The summed E-state index contributed by atoms with van der Waals surface area (Å²) >= 11 is 0. The number of carbonyl (C=O) groups excluding carboxylic acids is 2. The van der Waals surface area contributed by atoms with Gasteiger partial charge in [-0.2, -0.15) is 0 Å². The third-order valence-electron chi connectivity index (χ3n) is 2.09. The average Bonchev–Trinajstić information content (AvgIpc) is 2.34. The Morgan fingerprint density at radius 3 is 1.74 bits per heavy atom. The topological polar surface area (TPSA) is 135 Å². The van der Waals surface area contributed by atoms with E-state index in [1.165, 1.54) is 0 Å². The van der Waals surface area contributed by atoms with Crippen LogP contribution in [0.2, 0.25) is 0 Å². The lowest BCUT2D eigenvalue weighted by molar-refractivity contribution is -0.142. The van der Waals surface area contributed by atoms with Gasteiger partial charge in [0.2, 0.25) is 0 Å². The van der Waals surface area contributed by atoms with E-state index in [4.69, 9.17) is 25.5 Å². The van der Waals surface area contributed by atoms with E-state index in [0.29, 0.717) is 5.92 Å². The van der Waals surface area contributed by atoms with Crippen molar-refractivity contribution in [2.75, 3.05) is 13.2 Å². The lowest BCUT2D eigenvalue weighted by Crippen LogP contribution is -2.44. The van der Waals surface area contributed by atoms with Crippen LogP contribution in [0.3, 0.4) is 0 Å². The minimum absolute atomic E-state index is 0.287. The number of rotatable bonds is 7. The zero-order valence-electron chi connectivity index (χ0n) is 11.5. The molecule has 0 amide bonds. The molecule has 114 valence electrons. The Morgan fingerprint density at radius 2 is 1.53 bits per heavy atom. The van der Waals surface area contributed by atoms with Crippen molar-refractivity contribution in [1.82, 2.24) is 0 Å². The second-order valence-electron chi connectivity index (χ2n) is 4.61. The molecule has 7 nitrogen and oxygen atoms in total. The summed E-state index contributed by atoms with van der Waals surface area (Å²) in [5.41, 5.74) is 0. The van der Waals surface area contributed by atoms with Crippen molar-refractivity contribution < 1.29 is 35.1 Å². The van der Waals surface area contributed by atoms with Gasteiger partial charge in [0.15, 0.2) is 5.78 Å². The minimum Gasteiger partial charge on any atom is -0.394 e. The Labute approximate surface area is 112 Å². The second-order valence-corrected chi connectivity index (χ2v) is 4.61. The molecule has 19 heavy (non-hydrogen) atoms.